The Morgan fingerprint density at radius 2 is 1.79 bits per heavy atom. The summed E-state index contributed by atoms with van der Waals surface area (Å²) in [5.41, 5.74) is 3.36. The van der Waals surface area contributed by atoms with Gasteiger partial charge in [0.05, 0.1) is 5.39 Å². The molecular formula is C24H24N4S. The fraction of sp³-hybridized carbons (Fsp3) is 0.292. The van der Waals surface area contributed by atoms with Gasteiger partial charge in [-0.3, -0.25) is 4.98 Å². The fourth-order valence-corrected chi connectivity index (χ4v) is 5.15. The van der Waals surface area contributed by atoms with Gasteiger partial charge in [0.1, 0.15) is 10.6 Å². The lowest BCUT2D eigenvalue weighted by Gasteiger charge is -2.30. The van der Waals surface area contributed by atoms with Crippen LogP contribution in [0.25, 0.3) is 32.7 Å². The van der Waals surface area contributed by atoms with E-state index >= 15 is 0 Å². The van der Waals surface area contributed by atoms with Gasteiger partial charge in [-0.25, -0.2) is 9.97 Å². The van der Waals surface area contributed by atoms with Crippen molar-refractivity contribution < 1.29 is 0 Å². The van der Waals surface area contributed by atoms with E-state index in [9.17, 15) is 0 Å². The van der Waals surface area contributed by atoms with Gasteiger partial charge in [-0.2, -0.15) is 0 Å². The molecule has 1 N–H and O–H groups in total. The smallest absolute Gasteiger partial charge is 0.164 e. The molecule has 4 aromatic rings. The number of hydrogen-bond donors (Lipinski definition) is 1. The van der Waals surface area contributed by atoms with E-state index in [4.69, 9.17) is 9.97 Å². The van der Waals surface area contributed by atoms with Gasteiger partial charge >= 0.3 is 0 Å². The lowest BCUT2D eigenvalue weighted by molar-refractivity contribution is 0.349. The summed E-state index contributed by atoms with van der Waals surface area (Å²) < 4.78 is 0. The monoisotopic (exact) mass is 400 g/mol. The molecule has 0 saturated heterocycles. The second kappa shape index (κ2) is 7.91. The highest BCUT2D eigenvalue weighted by molar-refractivity contribution is 7.17. The summed E-state index contributed by atoms with van der Waals surface area (Å²) in [5.74, 6) is 2.33. The van der Waals surface area contributed by atoms with E-state index in [2.05, 4.69) is 52.9 Å². The van der Waals surface area contributed by atoms with Crippen molar-refractivity contribution in [3.63, 3.8) is 0 Å². The molecular weight excluding hydrogens is 376 g/mol. The van der Waals surface area contributed by atoms with Crippen LogP contribution in [0.4, 0.5) is 5.82 Å². The quantitative estimate of drug-likeness (QED) is 0.430. The molecule has 1 aliphatic rings. The van der Waals surface area contributed by atoms with Gasteiger partial charge in [0.15, 0.2) is 5.82 Å². The summed E-state index contributed by atoms with van der Waals surface area (Å²) in [6, 6.07) is 14.9. The zero-order valence-electron chi connectivity index (χ0n) is 16.5. The van der Waals surface area contributed by atoms with Crippen LogP contribution in [0.1, 0.15) is 32.6 Å². The van der Waals surface area contributed by atoms with Crippen LogP contribution in [0, 0.1) is 5.92 Å². The number of pyridine rings is 1. The van der Waals surface area contributed by atoms with E-state index in [1.807, 2.05) is 18.3 Å². The Bertz CT molecular complexity index is 1110. The Labute approximate surface area is 175 Å². The summed E-state index contributed by atoms with van der Waals surface area (Å²) in [6.07, 6.45) is 8.69. The number of fused-ring (bicyclic) bond motifs is 1. The maximum absolute atomic E-state index is 5.00. The number of thiophene rings is 1. The maximum atomic E-state index is 5.00. The zero-order valence-corrected chi connectivity index (χ0v) is 17.3. The van der Waals surface area contributed by atoms with Gasteiger partial charge in [0, 0.05) is 34.9 Å². The summed E-state index contributed by atoms with van der Waals surface area (Å²) in [7, 11) is 0. The minimum absolute atomic E-state index is 0.451. The summed E-state index contributed by atoms with van der Waals surface area (Å²) in [5, 5.41) is 7.15. The molecule has 5 rings (SSSR count). The van der Waals surface area contributed by atoms with Crippen LogP contribution in [-0.4, -0.2) is 21.0 Å². The minimum Gasteiger partial charge on any atom is -0.366 e. The van der Waals surface area contributed by atoms with E-state index in [0.717, 1.165) is 27.4 Å². The molecule has 2 atom stereocenters. The van der Waals surface area contributed by atoms with Crippen LogP contribution in [0.3, 0.4) is 0 Å². The van der Waals surface area contributed by atoms with Crippen LogP contribution < -0.4 is 5.32 Å². The molecule has 146 valence electrons. The van der Waals surface area contributed by atoms with E-state index in [1.165, 1.54) is 36.8 Å². The largest absolute Gasteiger partial charge is 0.366 e. The first-order valence-corrected chi connectivity index (χ1v) is 11.2. The van der Waals surface area contributed by atoms with Crippen molar-refractivity contribution in [2.45, 2.75) is 38.6 Å². The molecule has 0 amide bonds. The van der Waals surface area contributed by atoms with Gasteiger partial charge in [-0.1, -0.05) is 50.1 Å². The van der Waals surface area contributed by atoms with Crippen molar-refractivity contribution in [1.82, 2.24) is 15.0 Å². The number of rotatable bonds is 4. The van der Waals surface area contributed by atoms with Crippen molar-refractivity contribution in [2.75, 3.05) is 5.32 Å². The molecule has 29 heavy (non-hydrogen) atoms. The number of nitrogens with zero attached hydrogens (tertiary/aromatic N) is 3. The molecule has 0 radical (unpaired) electrons. The van der Waals surface area contributed by atoms with E-state index < -0.39 is 0 Å². The second-order valence-electron chi connectivity index (χ2n) is 7.85. The van der Waals surface area contributed by atoms with Crippen molar-refractivity contribution in [2.24, 2.45) is 5.92 Å². The van der Waals surface area contributed by atoms with Crippen LogP contribution in [0.2, 0.25) is 0 Å². The highest BCUT2D eigenvalue weighted by atomic mass is 32.1. The van der Waals surface area contributed by atoms with E-state index in [0.29, 0.717) is 12.0 Å². The molecule has 0 unspecified atom stereocenters. The van der Waals surface area contributed by atoms with Crippen LogP contribution in [0.5, 0.6) is 0 Å². The van der Waals surface area contributed by atoms with Gasteiger partial charge in [-0.15, -0.1) is 11.3 Å². The van der Waals surface area contributed by atoms with Crippen molar-refractivity contribution in [3.05, 3.63) is 60.2 Å². The lowest BCUT2D eigenvalue weighted by Crippen LogP contribution is -2.30. The fourth-order valence-electron chi connectivity index (χ4n) is 4.21. The van der Waals surface area contributed by atoms with Crippen molar-refractivity contribution in [1.29, 1.82) is 0 Å². The average molecular weight is 401 g/mol. The minimum atomic E-state index is 0.451. The van der Waals surface area contributed by atoms with Crippen LogP contribution in [0.15, 0.2) is 60.2 Å². The van der Waals surface area contributed by atoms with Crippen LogP contribution in [-0.2, 0) is 0 Å². The number of nitrogens with one attached hydrogen (secondary N) is 1. The molecule has 0 bridgehead atoms. The molecule has 1 saturated carbocycles. The SMILES string of the molecule is C[C@H]1CCCC[C@@H]1Nc1nc(-c2cccnc2)nc2scc(-c3ccccc3)c12. The third-order valence-corrected chi connectivity index (χ3v) is 6.74. The maximum Gasteiger partial charge on any atom is 0.164 e. The first-order chi connectivity index (χ1) is 14.3. The second-order valence-corrected chi connectivity index (χ2v) is 8.70. The predicted octanol–water partition coefficient (Wildman–Crippen LogP) is 6.41. The Kier molecular flexibility index (Phi) is 4.98. The number of benzene rings is 1. The van der Waals surface area contributed by atoms with Gasteiger partial charge in [0.2, 0.25) is 0 Å². The first-order valence-electron chi connectivity index (χ1n) is 10.3. The van der Waals surface area contributed by atoms with Gasteiger partial charge in [0.25, 0.3) is 0 Å². The molecule has 0 aliphatic heterocycles. The summed E-state index contributed by atoms with van der Waals surface area (Å²) in [6.45, 7) is 2.35. The molecule has 1 fully saturated rings. The molecule has 4 nitrogen and oxygen atoms in total. The van der Waals surface area contributed by atoms with E-state index in [1.54, 1.807) is 17.5 Å². The normalized spacial score (nSPS) is 19.3. The standard InChI is InChI=1S/C24H24N4S/c1-16-8-5-6-12-20(16)26-23-21-19(17-9-3-2-4-10-17)15-29-24(21)28-22(27-23)18-11-7-13-25-14-18/h2-4,7,9-11,13-16,20H,5-6,8,12H2,1H3,(H,26,27,28)/t16-,20-/m0/s1. The Hall–Kier alpha value is -2.79. The molecule has 1 aromatic carbocycles. The van der Waals surface area contributed by atoms with Gasteiger partial charge in [-0.05, 0) is 36.5 Å². The average Bonchev–Trinajstić information content (AvgIpc) is 3.21. The Balaban J connectivity index is 1.66. The Morgan fingerprint density at radius 3 is 2.59 bits per heavy atom. The van der Waals surface area contributed by atoms with Crippen molar-refractivity contribution >= 4 is 27.4 Å². The third-order valence-electron chi connectivity index (χ3n) is 5.87. The third kappa shape index (κ3) is 3.62. The zero-order chi connectivity index (χ0) is 19.6. The van der Waals surface area contributed by atoms with Crippen molar-refractivity contribution in [3.8, 4) is 22.5 Å². The van der Waals surface area contributed by atoms with Gasteiger partial charge < -0.3 is 5.32 Å². The topological polar surface area (TPSA) is 50.7 Å². The first kappa shape index (κ1) is 18.3. The highest BCUT2D eigenvalue weighted by Crippen LogP contribution is 2.39. The highest BCUT2D eigenvalue weighted by Gasteiger charge is 2.24. The number of hydrogen-bond acceptors (Lipinski definition) is 5. The predicted molar refractivity (Wildman–Crippen MR) is 121 cm³/mol. The van der Waals surface area contributed by atoms with Crippen LogP contribution >= 0.6 is 11.3 Å². The summed E-state index contributed by atoms with van der Waals surface area (Å²) >= 11 is 1.68. The number of anilines is 1. The summed E-state index contributed by atoms with van der Waals surface area (Å²) in [4.78, 5) is 15.2. The Morgan fingerprint density at radius 1 is 0.966 bits per heavy atom. The van der Waals surface area contributed by atoms with E-state index in [-0.39, 0.29) is 0 Å². The molecule has 5 heteroatoms. The number of aromatic nitrogens is 3. The lowest BCUT2D eigenvalue weighted by atomic mass is 9.86. The molecule has 3 aromatic heterocycles. The molecule has 1 aliphatic carbocycles. The molecule has 3 heterocycles. The molecule has 0 spiro atoms.